The number of thiophene rings is 1. The number of hydrogen-bond acceptors (Lipinski definition) is 3. The molecule has 0 aliphatic heterocycles. The van der Waals surface area contributed by atoms with Crippen LogP contribution in [0, 0.1) is 0 Å². The van der Waals surface area contributed by atoms with Crippen LogP contribution in [0.5, 0.6) is 0 Å². The van der Waals surface area contributed by atoms with Crippen molar-refractivity contribution in [1.82, 2.24) is 4.90 Å². The summed E-state index contributed by atoms with van der Waals surface area (Å²) < 4.78 is 0. The second-order valence-corrected chi connectivity index (χ2v) is 5.53. The van der Waals surface area contributed by atoms with Crippen LogP contribution in [0.25, 0.3) is 0 Å². The third kappa shape index (κ3) is 2.88. The molecule has 0 unspecified atom stereocenters. The minimum atomic E-state index is -0.496. The monoisotopic (exact) mass is 288 g/mol. The Balaban J connectivity index is 2.16. The van der Waals surface area contributed by atoms with E-state index < -0.39 is 5.91 Å². The molecule has 2 aromatic rings. The SMILES string of the molecule is C[C@@H](c1cccs1)N(C)C(=O)c1ccc(C(N)=O)cc1. The average Bonchev–Trinajstić information content (AvgIpc) is 2.99. The van der Waals surface area contributed by atoms with Gasteiger partial charge in [-0.3, -0.25) is 9.59 Å². The average molecular weight is 288 g/mol. The molecule has 0 aliphatic rings. The minimum absolute atomic E-state index is 0.0123. The standard InChI is InChI=1S/C15H16N2O2S/c1-10(13-4-3-9-20-13)17(2)15(19)12-7-5-11(6-8-12)14(16)18/h3-10H,1-2H3,(H2,16,18)/t10-/m0/s1. The summed E-state index contributed by atoms with van der Waals surface area (Å²) in [5.74, 6) is -0.578. The molecule has 0 saturated heterocycles. The number of nitrogens with zero attached hydrogens (tertiary/aromatic N) is 1. The van der Waals surface area contributed by atoms with Gasteiger partial charge in [0.25, 0.3) is 5.91 Å². The molecule has 2 rings (SSSR count). The quantitative estimate of drug-likeness (QED) is 0.940. The largest absolute Gasteiger partial charge is 0.366 e. The van der Waals surface area contributed by atoms with Crippen molar-refractivity contribution in [3.8, 4) is 0 Å². The highest BCUT2D eigenvalue weighted by Crippen LogP contribution is 2.24. The summed E-state index contributed by atoms with van der Waals surface area (Å²) in [6, 6.07) is 10.4. The Morgan fingerprint density at radius 2 is 1.75 bits per heavy atom. The van der Waals surface area contributed by atoms with Crippen LogP contribution in [0.2, 0.25) is 0 Å². The molecule has 104 valence electrons. The maximum atomic E-state index is 12.4. The molecular formula is C15H16N2O2S. The number of primary amides is 1. The summed E-state index contributed by atoms with van der Waals surface area (Å²) in [7, 11) is 1.77. The van der Waals surface area contributed by atoms with Crippen molar-refractivity contribution in [3.05, 3.63) is 57.8 Å². The fourth-order valence-corrected chi connectivity index (χ4v) is 2.70. The van der Waals surface area contributed by atoms with E-state index in [0.29, 0.717) is 11.1 Å². The third-order valence-electron chi connectivity index (χ3n) is 3.27. The van der Waals surface area contributed by atoms with E-state index in [9.17, 15) is 9.59 Å². The van der Waals surface area contributed by atoms with Gasteiger partial charge in [0.1, 0.15) is 0 Å². The van der Waals surface area contributed by atoms with Gasteiger partial charge in [-0.15, -0.1) is 11.3 Å². The van der Waals surface area contributed by atoms with Gasteiger partial charge >= 0.3 is 0 Å². The minimum Gasteiger partial charge on any atom is -0.366 e. The zero-order valence-corrected chi connectivity index (χ0v) is 12.2. The second kappa shape index (κ2) is 5.88. The molecule has 0 saturated carbocycles. The van der Waals surface area contributed by atoms with Crippen LogP contribution in [0.1, 0.15) is 38.6 Å². The smallest absolute Gasteiger partial charge is 0.254 e. The van der Waals surface area contributed by atoms with Crippen LogP contribution in [0.15, 0.2) is 41.8 Å². The second-order valence-electron chi connectivity index (χ2n) is 4.55. The number of carbonyl (C=O) groups is 2. The zero-order valence-electron chi connectivity index (χ0n) is 11.4. The van der Waals surface area contributed by atoms with Gasteiger partial charge in [-0.05, 0) is 42.6 Å². The summed E-state index contributed by atoms with van der Waals surface area (Å²) >= 11 is 1.62. The number of rotatable bonds is 4. The third-order valence-corrected chi connectivity index (χ3v) is 4.32. The summed E-state index contributed by atoms with van der Waals surface area (Å²) in [5, 5.41) is 1.99. The highest BCUT2D eigenvalue weighted by Gasteiger charge is 2.19. The lowest BCUT2D eigenvalue weighted by atomic mass is 10.1. The van der Waals surface area contributed by atoms with Gasteiger partial charge in [0, 0.05) is 23.1 Å². The molecule has 0 fully saturated rings. The topological polar surface area (TPSA) is 63.4 Å². The molecule has 1 aromatic carbocycles. The number of amides is 2. The van der Waals surface area contributed by atoms with E-state index in [2.05, 4.69) is 0 Å². The molecule has 0 spiro atoms. The first-order chi connectivity index (χ1) is 9.50. The van der Waals surface area contributed by atoms with E-state index in [0.717, 1.165) is 4.88 Å². The molecule has 0 bridgehead atoms. The normalized spacial score (nSPS) is 11.9. The molecule has 1 atom stereocenters. The van der Waals surface area contributed by atoms with Gasteiger partial charge in [-0.25, -0.2) is 0 Å². The van der Waals surface area contributed by atoms with E-state index >= 15 is 0 Å². The van der Waals surface area contributed by atoms with Crippen LogP contribution in [-0.4, -0.2) is 23.8 Å². The van der Waals surface area contributed by atoms with E-state index in [1.807, 2.05) is 24.4 Å². The van der Waals surface area contributed by atoms with Crippen molar-refractivity contribution in [2.45, 2.75) is 13.0 Å². The van der Waals surface area contributed by atoms with Gasteiger partial charge in [0.05, 0.1) is 6.04 Å². The van der Waals surface area contributed by atoms with Gasteiger partial charge in [-0.1, -0.05) is 6.07 Å². The maximum absolute atomic E-state index is 12.4. The first-order valence-corrected chi connectivity index (χ1v) is 7.09. The molecule has 2 N–H and O–H groups in total. The molecule has 1 aromatic heterocycles. The highest BCUT2D eigenvalue weighted by atomic mass is 32.1. The molecule has 2 amide bonds. The molecule has 4 nitrogen and oxygen atoms in total. The Bertz CT molecular complexity index is 605. The first kappa shape index (κ1) is 14.3. The summed E-state index contributed by atoms with van der Waals surface area (Å²) in [4.78, 5) is 26.2. The number of benzene rings is 1. The summed E-state index contributed by atoms with van der Waals surface area (Å²) in [6.45, 7) is 1.99. The predicted octanol–water partition coefficient (Wildman–Crippen LogP) is 2.68. The van der Waals surface area contributed by atoms with Crippen LogP contribution >= 0.6 is 11.3 Å². The van der Waals surface area contributed by atoms with Crippen molar-refractivity contribution >= 4 is 23.2 Å². The lowest BCUT2D eigenvalue weighted by Gasteiger charge is -2.24. The number of nitrogens with two attached hydrogens (primary N) is 1. The van der Waals surface area contributed by atoms with E-state index in [-0.39, 0.29) is 11.9 Å². The Hall–Kier alpha value is -2.14. The number of carbonyl (C=O) groups excluding carboxylic acids is 2. The first-order valence-electron chi connectivity index (χ1n) is 6.21. The lowest BCUT2D eigenvalue weighted by Crippen LogP contribution is -2.29. The lowest BCUT2D eigenvalue weighted by molar-refractivity contribution is 0.0744. The molecule has 20 heavy (non-hydrogen) atoms. The highest BCUT2D eigenvalue weighted by molar-refractivity contribution is 7.10. The molecule has 5 heteroatoms. The predicted molar refractivity (Wildman–Crippen MR) is 79.8 cm³/mol. The molecule has 0 aliphatic carbocycles. The van der Waals surface area contributed by atoms with Crippen molar-refractivity contribution in [1.29, 1.82) is 0 Å². The Morgan fingerprint density at radius 1 is 1.15 bits per heavy atom. The van der Waals surface area contributed by atoms with Crippen molar-refractivity contribution in [2.24, 2.45) is 5.73 Å². The maximum Gasteiger partial charge on any atom is 0.254 e. The molecule has 0 radical (unpaired) electrons. The van der Waals surface area contributed by atoms with Gasteiger partial charge in [0.15, 0.2) is 0 Å². The van der Waals surface area contributed by atoms with Crippen LogP contribution in [0.3, 0.4) is 0 Å². The Morgan fingerprint density at radius 3 is 2.25 bits per heavy atom. The van der Waals surface area contributed by atoms with Gasteiger partial charge in [0.2, 0.25) is 5.91 Å². The van der Waals surface area contributed by atoms with Crippen molar-refractivity contribution in [2.75, 3.05) is 7.05 Å². The zero-order chi connectivity index (χ0) is 14.7. The van der Waals surface area contributed by atoms with Crippen LogP contribution < -0.4 is 5.73 Å². The summed E-state index contributed by atoms with van der Waals surface area (Å²) in [5.41, 5.74) is 6.12. The van der Waals surface area contributed by atoms with E-state index in [1.165, 1.54) is 0 Å². The van der Waals surface area contributed by atoms with Crippen LogP contribution in [0.4, 0.5) is 0 Å². The Kier molecular flexibility index (Phi) is 4.20. The van der Waals surface area contributed by atoms with Crippen molar-refractivity contribution < 1.29 is 9.59 Å². The van der Waals surface area contributed by atoms with E-state index in [4.69, 9.17) is 5.73 Å². The number of hydrogen-bond donors (Lipinski definition) is 1. The Labute approximate surface area is 121 Å². The van der Waals surface area contributed by atoms with Gasteiger partial charge in [-0.2, -0.15) is 0 Å². The summed E-state index contributed by atoms with van der Waals surface area (Å²) in [6.07, 6.45) is 0. The molecular weight excluding hydrogens is 272 g/mol. The van der Waals surface area contributed by atoms with E-state index in [1.54, 1.807) is 47.5 Å². The van der Waals surface area contributed by atoms with Crippen LogP contribution in [-0.2, 0) is 0 Å². The fourth-order valence-electron chi connectivity index (χ4n) is 1.88. The molecule has 1 heterocycles. The fraction of sp³-hybridized carbons (Fsp3) is 0.200. The van der Waals surface area contributed by atoms with Crippen molar-refractivity contribution in [3.63, 3.8) is 0 Å². The van der Waals surface area contributed by atoms with Gasteiger partial charge < -0.3 is 10.6 Å².